The van der Waals surface area contributed by atoms with E-state index in [1.165, 1.54) is 11.1 Å². The fourth-order valence-corrected chi connectivity index (χ4v) is 3.47. The number of ether oxygens (including phenoxy) is 2. The van der Waals surface area contributed by atoms with Crippen LogP contribution in [0.4, 0.5) is 4.79 Å². The average Bonchev–Trinajstić information content (AvgIpc) is 2.90. The molecule has 1 aliphatic rings. The van der Waals surface area contributed by atoms with Crippen LogP contribution >= 0.6 is 0 Å². The maximum absolute atomic E-state index is 12.3. The highest BCUT2D eigenvalue weighted by atomic mass is 16.6. The molecule has 1 amide bonds. The molecule has 1 aliphatic carbocycles. The summed E-state index contributed by atoms with van der Waals surface area (Å²) in [5, 5.41) is 3.00. The molecule has 0 heterocycles. The third-order valence-corrected chi connectivity index (χ3v) is 4.85. The molecule has 2 atom stereocenters. The van der Waals surface area contributed by atoms with Crippen LogP contribution in [0.15, 0.2) is 48.5 Å². The van der Waals surface area contributed by atoms with Crippen molar-refractivity contribution in [2.45, 2.75) is 71.1 Å². The van der Waals surface area contributed by atoms with Crippen LogP contribution in [0.5, 0.6) is 5.75 Å². The van der Waals surface area contributed by atoms with Crippen molar-refractivity contribution in [3.05, 3.63) is 65.2 Å². The number of alkyl carbamates (subject to hydrolysis) is 1. The van der Waals surface area contributed by atoms with Gasteiger partial charge < -0.3 is 14.8 Å². The number of nitrogens with one attached hydrogen (secondary N) is 1. The van der Waals surface area contributed by atoms with Gasteiger partial charge in [0.2, 0.25) is 0 Å². The molecule has 4 heteroatoms. The molecule has 0 spiro atoms. The number of carbonyl (C=O) groups excluding carboxylic acids is 1. The second-order valence-corrected chi connectivity index (χ2v) is 9.47. The zero-order valence-corrected chi connectivity index (χ0v) is 17.7. The fraction of sp³-hybridized carbons (Fsp3) is 0.458. The standard InChI is InChI=1S/C24H31NO3/c1-23(2,3)17-11-13-18(14-12-17)27-21-19-10-8-7-9-16(19)15-20(21)25-22(26)28-24(4,5)6/h7-14,20-21H,15H2,1-6H3,(H,25,26)/t20-,21+/m0/s1. The van der Waals surface area contributed by atoms with Crippen LogP contribution < -0.4 is 10.1 Å². The van der Waals surface area contributed by atoms with Gasteiger partial charge in [-0.15, -0.1) is 0 Å². The Bertz CT molecular complexity index is 828. The van der Waals surface area contributed by atoms with Crippen LogP contribution in [0.1, 0.15) is 64.3 Å². The number of carbonyl (C=O) groups is 1. The van der Waals surface area contributed by atoms with Gasteiger partial charge in [0.1, 0.15) is 17.5 Å². The van der Waals surface area contributed by atoms with Gasteiger partial charge in [-0.05, 0) is 61.4 Å². The van der Waals surface area contributed by atoms with Crippen molar-refractivity contribution in [2.24, 2.45) is 0 Å². The van der Waals surface area contributed by atoms with Gasteiger partial charge in [-0.25, -0.2) is 4.79 Å². The van der Waals surface area contributed by atoms with E-state index >= 15 is 0 Å². The Labute approximate surface area is 168 Å². The predicted octanol–water partition coefficient (Wildman–Crippen LogP) is 5.55. The summed E-state index contributed by atoms with van der Waals surface area (Å²) in [6.07, 6.45) is 0.0614. The first-order chi connectivity index (χ1) is 13.0. The topological polar surface area (TPSA) is 47.6 Å². The number of hydrogen-bond donors (Lipinski definition) is 1. The van der Waals surface area contributed by atoms with Gasteiger partial charge in [0, 0.05) is 0 Å². The molecule has 2 aromatic carbocycles. The maximum Gasteiger partial charge on any atom is 0.408 e. The second-order valence-electron chi connectivity index (χ2n) is 9.47. The lowest BCUT2D eigenvalue weighted by molar-refractivity contribution is 0.0456. The zero-order valence-electron chi connectivity index (χ0n) is 17.7. The van der Waals surface area contributed by atoms with Crippen molar-refractivity contribution < 1.29 is 14.3 Å². The van der Waals surface area contributed by atoms with Crippen LogP contribution in [0.2, 0.25) is 0 Å². The summed E-state index contributed by atoms with van der Waals surface area (Å²) in [6.45, 7) is 12.2. The van der Waals surface area contributed by atoms with Gasteiger partial charge in [0.05, 0.1) is 6.04 Å². The molecule has 0 fully saturated rings. The van der Waals surface area contributed by atoms with Crippen LogP contribution in [0.25, 0.3) is 0 Å². The Morgan fingerprint density at radius 3 is 2.21 bits per heavy atom. The van der Waals surface area contributed by atoms with Gasteiger partial charge in [-0.2, -0.15) is 0 Å². The van der Waals surface area contributed by atoms with Crippen molar-refractivity contribution in [1.82, 2.24) is 5.32 Å². The molecule has 0 aromatic heterocycles. The minimum absolute atomic E-state index is 0.0965. The average molecular weight is 382 g/mol. The molecule has 150 valence electrons. The van der Waals surface area contributed by atoms with E-state index in [0.717, 1.165) is 17.7 Å². The van der Waals surface area contributed by atoms with E-state index in [4.69, 9.17) is 9.47 Å². The van der Waals surface area contributed by atoms with Crippen LogP contribution in [0, 0.1) is 0 Å². The lowest BCUT2D eigenvalue weighted by atomic mass is 9.87. The predicted molar refractivity (Wildman–Crippen MR) is 112 cm³/mol. The minimum Gasteiger partial charge on any atom is -0.484 e. The highest BCUT2D eigenvalue weighted by Gasteiger charge is 2.36. The third-order valence-electron chi connectivity index (χ3n) is 4.85. The van der Waals surface area contributed by atoms with Crippen LogP contribution in [-0.4, -0.2) is 17.7 Å². The summed E-state index contributed by atoms with van der Waals surface area (Å²) >= 11 is 0. The molecule has 3 rings (SSSR count). The first-order valence-corrected chi connectivity index (χ1v) is 9.87. The third kappa shape index (κ3) is 4.86. The Hall–Kier alpha value is -2.49. The molecule has 4 nitrogen and oxygen atoms in total. The largest absolute Gasteiger partial charge is 0.484 e. The Balaban J connectivity index is 1.79. The van der Waals surface area contributed by atoms with Crippen molar-refractivity contribution in [3.63, 3.8) is 0 Å². The molecule has 1 N–H and O–H groups in total. The summed E-state index contributed by atoms with van der Waals surface area (Å²) in [4.78, 5) is 12.3. The van der Waals surface area contributed by atoms with E-state index in [-0.39, 0.29) is 17.6 Å². The van der Waals surface area contributed by atoms with E-state index in [2.05, 4.69) is 50.4 Å². The highest BCUT2D eigenvalue weighted by molar-refractivity contribution is 5.68. The van der Waals surface area contributed by atoms with E-state index in [1.54, 1.807) is 0 Å². The first-order valence-electron chi connectivity index (χ1n) is 9.87. The van der Waals surface area contributed by atoms with E-state index in [9.17, 15) is 4.79 Å². The number of rotatable bonds is 3. The molecule has 0 radical (unpaired) electrons. The number of fused-ring (bicyclic) bond motifs is 1. The van der Waals surface area contributed by atoms with Crippen LogP contribution in [-0.2, 0) is 16.6 Å². The molecule has 0 saturated carbocycles. The van der Waals surface area contributed by atoms with E-state index in [0.29, 0.717) is 0 Å². The van der Waals surface area contributed by atoms with Crippen molar-refractivity contribution in [1.29, 1.82) is 0 Å². The number of benzene rings is 2. The lowest BCUT2D eigenvalue weighted by Gasteiger charge is -2.26. The number of hydrogen-bond acceptors (Lipinski definition) is 3. The summed E-state index contributed by atoms with van der Waals surface area (Å²) in [5.41, 5.74) is 3.13. The second kappa shape index (κ2) is 7.50. The Kier molecular flexibility index (Phi) is 5.42. The summed E-state index contributed by atoms with van der Waals surface area (Å²) in [6, 6.07) is 16.2. The monoisotopic (exact) mass is 381 g/mol. The zero-order chi connectivity index (χ0) is 20.5. The van der Waals surface area contributed by atoms with E-state index < -0.39 is 11.7 Å². The lowest BCUT2D eigenvalue weighted by Crippen LogP contribution is -2.42. The normalized spacial score (nSPS) is 19.1. The van der Waals surface area contributed by atoms with Gasteiger partial charge in [-0.3, -0.25) is 0 Å². The Morgan fingerprint density at radius 1 is 0.964 bits per heavy atom. The van der Waals surface area contributed by atoms with Crippen LogP contribution in [0.3, 0.4) is 0 Å². The maximum atomic E-state index is 12.3. The van der Waals surface area contributed by atoms with E-state index in [1.807, 2.05) is 45.0 Å². The fourth-order valence-electron chi connectivity index (χ4n) is 3.47. The van der Waals surface area contributed by atoms with Gasteiger partial charge in [0.25, 0.3) is 0 Å². The highest BCUT2D eigenvalue weighted by Crippen LogP contribution is 2.36. The molecular formula is C24H31NO3. The van der Waals surface area contributed by atoms with Gasteiger partial charge in [0.15, 0.2) is 0 Å². The first kappa shape index (κ1) is 20.2. The molecule has 0 unspecified atom stereocenters. The molecular weight excluding hydrogens is 350 g/mol. The van der Waals surface area contributed by atoms with Gasteiger partial charge >= 0.3 is 6.09 Å². The minimum atomic E-state index is -0.533. The summed E-state index contributed by atoms with van der Waals surface area (Å²) in [7, 11) is 0. The van der Waals surface area contributed by atoms with Crippen molar-refractivity contribution >= 4 is 6.09 Å². The van der Waals surface area contributed by atoms with Crippen molar-refractivity contribution in [3.8, 4) is 5.75 Å². The summed E-state index contributed by atoms with van der Waals surface area (Å²) < 4.78 is 11.8. The molecule has 28 heavy (non-hydrogen) atoms. The SMILES string of the molecule is CC(C)(C)OC(=O)N[C@H]1Cc2ccccc2[C@H]1Oc1ccc(C(C)(C)C)cc1. The van der Waals surface area contributed by atoms with Crippen molar-refractivity contribution in [2.75, 3.05) is 0 Å². The van der Waals surface area contributed by atoms with Gasteiger partial charge in [-0.1, -0.05) is 57.2 Å². The Morgan fingerprint density at radius 2 is 1.61 bits per heavy atom. The quantitative estimate of drug-likeness (QED) is 0.758. The summed E-state index contributed by atoms with van der Waals surface area (Å²) in [5.74, 6) is 0.797. The smallest absolute Gasteiger partial charge is 0.408 e. The number of amides is 1. The molecule has 0 aliphatic heterocycles. The molecule has 0 saturated heterocycles. The molecule has 0 bridgehead atoms. The molecule has 2 aromatic rings.